The van der Waals surface area contributed by atoms with E-state index >= 15 is 0 Å². The SMILES string of the molecule is CCCCCCCCCCC[CH2][K].O=P(O)(O)O.O=P(O)(O)O.[NaH]. The molecule has 8 nitrogen and oxygen atoms in total. The summed E-state index contributed by atoms with van der Waals surface area (Å²) in [6, 6.07) is 0. The summed E-state index contributed by atoms with van der Waals surface area (Å²) in [4.78, 5) is 43.1. The maximum atomic E-state index is 8.88. The molecule has 0 radical (unpaired) electrons. The number of hydrogen-bond donors (Lipinski definition) is 6. The number of rotatable bonds is 10. The molecule has 0 aliphatic heterocycles. The molecule has 0 aliphatic carbocycles. The Morgan fingerprint density at radius 1 is 0.625 bits per heavy atom. The van der Waals surface area contributed by atoms with Crippen LogP contribution in [-0.2, 0) is 9.13 Å². The Morgan fingerprint density at radius 2 is 0.833 bits per heavy atom. The van der Waals surface area contributed by atoms with Crippen LogP contribution >= 0.6 is 15.6 Å². The molecule has 24 heavy (non-hydrogen) atoms. The summed E-state index contributed by atoms with van der Waals surface area (Å²) in [6.07, 6.45) is 14.8. The maximum absolute atomic E-state index is 8.88. The fourth-order valence-corrected chi connectivity index (χ4v) is 2.52. The summed E-state index contributed by atoms with van der Waals surface area (Å²) in [5.74, 6) is 0. The molecule has 0 saturated heterocycles. The molecule has 0 aromatic carbocycles. The summed E-state index contributed by atoms with van der Waals surface area (Å²) in [5.41, 5.74) is 0. The van der Waals surface area contributed by atoms with Crippen LogP contribution in [0.25, 0.3) is 0 Å². The molecule has 0 bridgehead atoms. The van der Waals surface area contributed by atoms with E-state index < -0.39 is 15.6 Å². The average Bonchev–Trinajstić information content (AvgIpc) is 2.33. The first-order valence-electron chi connectivity index (χ1n) is 7.98. The van der Waals surface area contributed by atoms with Crippen molar-refractivity contribution in [3.8, 4) is 0 Å². The minimum atomic E-state index is -4.64. The van der Waals surface area contributed by atoms with Gasteiger partial charge >= 0.3 is 166 Å². The Bertz CT molecular complexity index is 278. The van der Waals surface area contributed by atoms with Gasteiger partial charge in [-0.2, -0.15) is 0 Å². The first kappa shape index (κ1) is 34.4. The normalized spacial score (nSPS) is 10.7. The molecule has 140 valence electrons. The predicted octanol–water partition coefficient (Wildman–Crippen LogP) is 1.99. The van der Waals surface area contributed by atoms with Gasteiger partial charge in [-0.3, -0.25) is 0 Å². The van der Waals surface area contributed by atoms with E-state index in [2.05, 4.69) is 6.92 Å². The molecule has 0 spiro atoms. The van der Waals surface area contributed by atoms with Gasteiger partial charge in [-0.25, -0.2) is 9.13 Å². The zero-order chi connectivity index (χ0) is 18.8. The molecule has 0 saturated carbocycles. The van der Waals surface area contributed by atoms with E-state index in [-0.39, 0.29) is 29.6 Å². The zero-order valence-corrected chi connectivity index (χ0v) is 19.1. The summed E-state index contributed by atoms with van der Waals surface area (Å²) in [6.45, 7) is 2.29. The molecule has 0 rings (SSSR count). The Kier molecular flexibility index (Phi) is 34.2. The second-order valence-electron chi connectivity index (χ2n) is 5.21. The van der Waals surface area contributed by atoms with Crippen molar-refractivity contribution in [3.63, 3.8) is 0 Å². The van der Waals surface area contributed by atoms with E-state index in [1.54, 1.807) is 0.515 Å². The van der Waals surface area contributed by atoms with Crippen LogP contribution in [0.4, 0.5) is 0 Å². The Labute approximate surface area is 201 Å². The molecule has 0 atom stereocenters. The van der Waals surface area contributed by atoms with Crippen LogP contribution in [0.3, 0.4) is 0 Å². The second-order valence-corrected chi connectivity index (χ2v) is 8.82. The van der Waals surface area contributed by atoms with Gasteiger partial charge in [0.05, 0.1) is 0 Å². The van der Waals surface area contributed by atoms with Crippen LogP contribution in [0, 0.1) is 0 Å². The third-order valence-electron chi connectivity index (χ3n) is 2.71. The molecule has 0 unspecified atom stereocenters. The van der Waals surface area contributed by atoms with Crippen molar-refractivity contribution < 1.29 is 38.5 Å². The quantitative estimate of drug-likeness (QED) is 0.175. The fraction of sp³-hybridized carbons (Fsp3) is 1.00. The standard InChI is InChI=1S/C12H25.K.Na.2H3O4P.H/c1-3-5-7-9-11-12-10-8-6-4-2;;;2*1-5(2,3)4;/h1,3-12H2,2H3;;;2*(H3,1,2,3,4);. The van der Waals surface area contributed by atoms with Crippen molar-refractivity contribution in [1.29, 1.82) is 0 Å². The van der Waals surface area contributed by atoms with Gasteiger partial charge < -0.3 is 29.4 Å². The average molecular weight is 428 g/mol. The Hall–Kier alpha value is 2.86. The van der Waals surface area contributed by atoms with E-state index in [0.29, 0.717) is 0 Å². The van der Waals surface area contributed by atoms with Crippen molar-refractivity contribution in [1.82, 2.24) is 0 Å². The third kappa shape index (κ3) is 85.6. The number of unbranched alkanes of at least 4 members (excludes halogenated alkanes) is 9. The summed E-state index contributed by atoms with van der Waals surface area (Å²) in [7, 11) is -9.28. The molecule has 0 heterocycles. The van der Waals surface area contributed by atoms with Crippen molar-refractivity contribution in [2.24, 2.45) is 0 Å². The molecule has 0 aromatic rings. The van der Waals surface area contributed by atoms with Crippen LogP contribution in [-0.4, -0.2) is 108 Å². The van der Waals surface area contributed by atoms with Crippen LogP contribution in [0.2, 0.25) is 0.515 Å². The van der Waals surface area contributed by atoms with Crippen molar-refractivity contribution in [2.45, 2.75) is 71.6 Å². The van der Waals surface area contributed by atoms with Crippen LogP contribution < -0.4 is 0 Å². The van der Waals surface area contributed by atoms with Crippen LogP contribution in [0.5, 0.6) is 0 Å². The topological polar surface area (TPSA) is 156 Å². The number of phosphoric acid groups is 2. The van der Waals surface area contributed by atoms with Crippen LogP contribution in [0.1, 0.15) is 71.1 Å². The van der Waals surface area contributed by atoms with Crippen LogP contribution in [0.15, 0.2) is 0 Å². The second kappa shape index (κ2) is 23.9. The summed E-state index contributed by atoms with van der Waals surface area (Å²) < 4.78 is 19.3. The summed E-state index contributed by atoms with van der Waals surface area (Å²) >= 11 is 1.10. The van der Waals surface area contributed by atoms with Gasteiger partial charge in [-0.1, -0.05) is 0 Å². The van der Waals surface area contributed by atoms with E-state index in [9.17, 15) is 0 Å². The van der Waals surface area contributed by atoms with Gasteiger partial charge in [0.15, 0.2) is 0 Å². The molecule has 0 aliphatic rings. The predicted molar refractivity (Wildman–Crippen MR) is 98.1 cm³/mol. The van der Waals surface area contributed by atoms with E-state index in [4.69, 9.17) is 38.5 Å². The molecule has 0 fully saturated rings. The molecule has 6 N–H and O–H groups in total. The fourth-order valence-electron chi connectivity index (χ4n) is 1.74. The van der Waals surface area contributed by atoms with Gasteiger partial charge in [0.1, 0.15) is 0 Å². The van der Waals surface area contributed by atoms with Gasteiger partial charge in [0.2, 0.25) is 0 Å². The molecule has 0 amide bonds. The first-order chi connectivity index (χ1) is 10.4. The summed E-state index contributed by atoms with van der Waals surface area (Å²) in [5, 5.41) is 0. The molecule has 12 heteroatoms. The molecule has 0 aromatic heterocycles. The van der Waals surface area contributed by atoms with Gasteiger partial charge in [0.25, 0.3) is 0 Å². The van der Waals surface area contributed by atoms with E-state index in [1.807, 2.05) is 0 Å². The third-order valence-corrected chi connectivity index (χ3v) is 3.81. The van der Waals surface area contributed by atoms with E-state index in [0.717, 1.165) is 49.0 Å². The molecular formula is C12H32KNaO8P2. The number of hydrogen-bond acceptors (Lipinski definition) is 2. The van der Waals surface area contributed by atoms with Crippen molar-refractivity contribution in [3.05, 3.63) is 0 Å². The zero-order valence-electron chi connectivity index (χ0n) is 14.2. The van der Waals surface area contributed by atoms with Gasteiger partial charge in [0, 0.05) is 0 Å². The Morgan fingerprint density at radius 3 is 1.04 bits per heavy atom. The van der Waals surface area contributed by atoms with Crippen molar-refractivity contribution >= 4 is 94.2 Å². The first-order valence-corrected chi connectivity index (χ1v) is 13.3. The van der Waals surface area contributed by atoms with Gasteiger partial charge in [-0.15, -0.1) is 0 Å². The minimum absolute atomic E-state index is 0. The van der Waals surface area contributed by atoms with Gasteiger partial charge in [-0.05, 0) is 0 Å². The monoisotopic (exact) mass is 428 g/mol. The van der Waals surface area contributed by atoms with E-state index in [1.165, 1.54) is 64.2 Å². The van der Waals surface area contributed by atoms with Crippen molar-refractivity contribution in [2.75, 3.05) is 0 Å². The molecular weight excluding hydrogens is 396 g/mol. The Balaban J connectivity index is -0.000000151.